The highest BCUT2D eigenvalue weighted by molar-refractivity contribution is 5.94. The fourth-order valence-corrected chi connectivity index (χ4v) is 1.66. The van der Waals surface area contributed by atoms with E-state index in [0.29, 0.717) is 11.3 Å². The van der Waals surface area contributed by atoms with E-state index < -0.39 is 23.8 Å². The molecule has 0 fully saturated rings. The molecule has 2 atom stereocenters. The summed E-state index contributed by atoms with van der Waals surface area (Å²) in [6.07, 6.45) is -1.46. The molecule has 7 heteroatoms. The molecule has 0 spiro atoms. The van der Waals surface area contributed by atoms with Gasteiger partial charge in [0.05, 0.1) is 18.7 Å². The SMILES string of the molecule is C[C@H](N)C(=O)Nc1ccc([C@H](O)CNC(=O)OC(C)(C)C)cc1. The first-order chi connectivity index (χ1) is 10.6. The van der Waals surface area contributed by atoms with Crippen molar-refractivity contribution in [2.24, 2.45) is 5.73 Å². The minimum Gasteiger partial charge on any atom is -0.444 e. The fraction of sp³-hybridized carbons (Fsp3) is 0.500. The molecule has 0 aliphatic carbocycles. The van der Waals surface area contributed by atoms with Crippen LogP contribution in [0.15, 0.2) is 24.3 Å². The van der Waals surface area contributed by atoms with Crippen LogP contribution in [-0.2, 0) is 9.53 Å². The predicted octanol–water partition coefficient (Wildman–Crippen LogP) is 1.53. The van der Waals surface area contributed by atoms with Crippen LogP contribution in [0.5, 0.6) is 0 Å². The maximum atomic E-state index is 11.5. The third kappa shape index (κ3) is 7.12. The second-order valence-electron chi connectivity index (χ2n) is 6.30. The molecule has 0 saturated heterocycles. The third-order valence-corrected chi connectivity index (χ3v) is 2.82. The van der Waals surface area contributed by atoms with Crippen molar-refractivity contribution in [1.29, 1.82) is 0 Å². The van der Waals surface area contributed by atoms with E-state index in [1.54, 1.807) is 52.0 Å². The summed E-state index contributed by atoms with van der Waals surface area (Å²) in [5.41, 5.74) is 6.08. The van der Waals surface area contributed by atoms with E-state index in [-0.39, 0.29) is 12.5 Å². The van der Waals surface area contributed by atoms with Crippen molar-refractivity contribution in [3.8, 4) is 0 Å². The van der Waals surface area contributed by atoms with Gasteiger partial charge in [0.15, 0.2) is 0 Å². The molecule has 1 rings (SSSR count). The number of nitrogens with two attached hydrogens (primary N) is 1. The van der Waals surface area contributed by atoms with Crippen LogP contribution in [0.4, 0.5) is 10.5 Å². The van der Waals surface area contributed by atoms with Crippen LogP contribution < -0.4 is 16.4 Å². The van der Waals surface area contributed by atoms with Crippen LogP contribution in [0.25, 0.3) is 0 Å². The fourth-order valence-electron chi connectivity index (χ4n) is 1.66. The van der Waals surface area contributed by atoms with Crippen LogP contribution in [0.2, 0.25) is 0 Å². The molecule has 0 bridgehead atoms. The van der Waals surface area contributed by atoms with E-state index in [1.807, 2.05) is 0 Å². The Hall–Kier alpha value is -2.12. The van der Waals surface area contributed by atoms with Gasteiger partial charge in [-0.3, -0.25) is 4.79 Å². The Balaban J connectivity index is 2.52. The number of aliphatic hydroxyl groups excluding tert-OH is 1. The number of hydrogen-bond acceptors (Lipinski definition) is 5. The van der Waals surface area contributed by atoms with Crippen molar-refractivity contribution in [3.05, 3.63) is 29.8 Å². The standard InChI is InChI=1S/C16H25N3O4/c1-10(17)14(21)19-12-7-5-11(6-8-12)13(20)9-18-15(22)23-16(2,3)4/h5-8,10,13,20H,9,17H2,1-4H3,(H,18,22)(H,19,21)/t10-,13+/m0/s1. The minimum absolute atomic E-state index is 0.0282. The number of benzene rings is 1. The largest absolute Gasteiger partial charge is 0.444 e. The lowest BCUT2D eigenvalue weighted by atomic mass is 10.1. The summed E-state index contributed by atoms with van der Waals surface area (Å²) in [5.74, 6) is -0.287. The van der Waals surface area contributed by atoms with Crippen molar-refractivity contribution in [2.45, 2.75) is 45.4 Å². The highest BCUT2D eigenvalue weighted by Gasteiger charge is 2.17. The number of carbonyl (C=O) groups is 2. The number of ether oxygens (including phenoxy) is 1. The maximum absolute atomic E-state index is 11.5. The van der Waals surface area contributed by atoms with Gasteiger partial charge >= 0.3 is 6.09 Å². The Morgan fingerprint density at radius 1 is 1.26 bits per heavy atom. The van der Waals surface area contributed by atoms with Gasteiger partial charge in [0.2, 0.25) is 5.91 Å². The van der Waals surface area contributed by atoms with Crippen molar-refractivity contribution in [1.82, 2.24) is 5.32 Å². The van der Waals surface area contributed by atoms with E-state index in [2.05, 4.69) is 10.6 Å². The second kappa shape index (κ2) is 7.94. The number of carbonyl (C=O) groups excluding carboxylic acids is 2. The number of aliphatic hydroxyl groups is 1. The Labute approximate surface area is 136 Å². The Kier molecular flexibility index (Phi) is 6.53. The average Bonchev–Trinajstić information content (AvgIpc) is 2.43. The van der Waals surface area contributed by atoms with Gasteiger partial charge in [-0.1, -0.05) is 12.1 Å². The average molecular weight is 323 g/mol. The van der Waals surface area contributed by atoms with Crippen LogP contribution in [0.1, 0.15) is 39.4 Å². The van der Waals surface area contributed by atoms with Gasteiger partial charge in [-0.15, -0.1) is 0 Å². The summed E-state index contributed by atoms with van der Waals surface area (Å²) in [6, 6.07) is 6.05. The lowest BCUT2D eigenvalue weighted by Crippen LogP contribution is -2.34. The van der Waals surface area contributed by atoms with Crippen LogP contribution in [0, 0.1) is 0 Å². The van der Waals surface area contributed by atoms with Gasteiger partial charge in [-0.25, -0.2) is 4.79 Å². The summed E-state index contributed by atoms with van der Waals surface area (Å²) in [7, 11) is 0. The Morgan fingerprint density at radius 3 is 2.30 bits per heavy atom. The molecule has 1 aromatic carbocycles. The number of rotatable bonds is 5. The van der Waals surface area contributed by atoms with Crippen molar-refractivity contribution >= 4 is 17.7 Å². The first-order valence-corrected chi connectivity index (χ1v) is 7.40. The Bertz CT molecular complexity index is 535. The topological polar surface area (TPSA) is 114 Å². The Morgan fingerprint density at radius 2 is 1.83 bits per heavy atom. The molecule has 0 unspecified atom stereocenters. The molecule has 0 aliphatic rings. The molecule has 1 aromatic rings. The van der Waals surface area contributed by atoms with Crippen molar-refractivity contribution in [3.63, 3.8) is 0 Å². The zero-order chi connectivity index (χ0) is 17.6. The summed E-state index contributed by atoms with van der Waals surface area (Å²) in [6.45, 7) is 6.91. The summed E-state index contributed by atoms with van der Waals surface area (Å²) in [5, 5.41) is 15.2. The highest BCUT2D eigenvalue weighted by Crippen LogP contribution is 2.16. The molecule has 23 heavy (non-hydrogen) atoms. The minimum atomic E-state index is -0.874. The van der Waals surface area contributed by atoms with Crippen LogP contribution in [-0.4, -0.2) is 35.3 Å². The molecule has 0 radical (unpaired) electrons. The summed E-state index contributed by atoms with van der Waals surface area (Å²) >= 11 is 0. The molecule has 2 amide bonds. The first kappa shape index (κ1) is 18.9. The van der Waals surface area contributed by atoms with Gasteiger partial charge in [0, 0.05) is 5.69 Å². The summed E-state index contributed by atoms with van der Waals surface area (Å²) < 4.78 is 5.09. The molecular formula is C16H25N3O4. The maximum Gasteiger partial charge on any atom is 0.407 e. The van der Waals surface area contributed by atoms with E-state index in [0.717, 1.165) is 0 Å². The molecular weight excluding hydrogens is 298 g/mol. The van der Waals surface area contributed by atoms with E-state index in [4.69, 9.17) is 10.5 Å². The van der Waals surface area contributed by atoms with Crippen molar-refractivity contribution in [2.75, 3.05) is 11.9 Å². The number of alkyl carbamates (subject to hydrolysis) is 1. The summed E-state index contributed by atoms with van der Waals surface area (Å²) in [4.78, 5) is 23.0. The van der Waals surface area contributed by atoms with Gasteiger partial charge in [0.1, 0.15) is 5.60 Å². The van der Waals surface area contributed by atoms with E-state index in [9.17, 15) is 14.7 Å². The number of hydrogen-bond donors (Lipinski definition) is 4. The van der Waals surface area contributed by atoms with Gasteiger partial charge in [-0.2, -0.15) is 0 Å². The smallest absolute Gasteiger partial charge is 0.407 e. The lowest BCUT2D eigenvalue weighted by molar-refractivity contribution is -0.117. The number of nitrogens with one attached hydrogen (secondary N) is 2. The quantitative estimate of drug-likeness (QED) is 0.656. The number of amides is 2. The van der Waals surface area contributed by atoms with Gasteiger partial charge < -0.3 is 26.2 Å². The second-order valence-corrected chi connectivity index (χ2v) is 6.30. The van der Waals surface area contributed by atoms with Crippen molar-refractivity contribution < 1.29 is 19.4 Å². The molecule has 0 saturated carbocycles. The zero-order valence-corrected chi connectivity index (χ0v) is 13.9. The molecule has 0 aromatic heterocycles. The third-order valence-electron chi connectivity index (χ3n) is 2.82. The molecule has 128 valence electrons. The zero-order valence-electron chi connectivity index (χ0n) is 13.9. The highest BCUT2D eigenvalue weighted by atomic mass is 16.6. The predicted molar refractivity (Wildman–Crippen MR) is 87.9 cm³/mol. The number of anilines is 1. The van der Waals surface area contributed by atoms with E-state index >= 15 is 0 Å². The monoisotopic (exact) mass is 323 g/mol. The van der Waals surface area contributed by atoms with Crippen LogP contribution in [0.3, 0.4) is 0 Å². The normalized spacial score (nSPS) is 13.8. The van der Waals surface area contributed by atoms with Crippen LogP contribution >= 0.6 is 0 Å². The lowest BCUT2D eigenvalue weighted by Gasteiger charge is -2.20. The molecule has 7 nitrogen and oxygen atoms in total. The van der Waals surface area contributed by atoms with Gasteiger partial charge in [0.25, 0.3) is 0 Å². The molecule has 0 aliphatic heterocycles. The molecule has 0 heterocycles. The van der Waals surface area contributed by atoms with Gasteiger partial charge in [-0.05, 0) is 45.4 Å². The van der Waals surface area contributed by atoms with E-state index in [1.165, 1.54) is 0 Å². The molecule has 5 N–H and O–H groups in total. The first-order valence-electron chi connectivity index (χ1n) is 7.40.